The Morgan fingerprint density at radius 3 is 2.06 bits per heavy atom. The summed E-state index contributed by atoms with van der Waals surface area (Å²) in [5.41, 5.74) is 6.07. The molecule has 1 rings (SSSR count). The Balaban J connectivity index is 2.54. The van der Waals surface area contributed by atoms with Crippen LogP contribution in [0, 0.1) is 6.57 Å². The number of hydrogen-bond acceptors (Lipinski definition) is 11. The molecule has 1 aliphatic rings. The van der Waals surface area contributed by atoms with Gasteiger partial charge in [-0.05, 0) is 31.1 Å². The van der Waals surface area contributed by atoms with E-state index in [1.165, 1.54) is 71.3 Å². The Morgan fingerprint density at radius 1 is 0.915 bits per heavy atom. The average Bonchev–Trinajstić information content (AvgIpc) is 3.38. The van der Waals surface area contributed by atoms with Crippen LogP contribution >= 0.6 is 6.72 Å². The summed E-state index contributed by atoms with van der Waals surface area (Å²) in [6.45, 7) is 5.68. The second-order valence-electron chi connectivity index (χ2n) is 12.1. The molecule has 0 aromatic carbocycles. The number of ketones is 1. The molecule has 5 atom stereocenters. The maximum absolute atomic E-state index is 12.7. The number of unbranched alkanes of at least 4 members (excludes halogenated alkanes) is 12. The summed E-state index contributed by atoms with van der Waals surface area (Å²) in [6.07, 6.45) is 15.7. The molecule has 1 saturated heterocycles. The predicted octanol–water partition coefficient (Wildman–Crippen LogP) is 6.49. The molecule has 0 aromatic rings. The minimum absolute atomic E-state index is 0.0148. The smallest absolute Gasteiger partial charge is 0.327 e. The first-order valence-electron chi connectivity index (χ1n) is 17.4. The topological polar surface area (TPSA) is 137 Å². The zero-order valence-corrected chi connectivity index (χ0v) is 30.4. The standard InChI is InChI=1S/C33H58BN2O9PS/c1-4-5-6-7-8-9-10-11-12-13-14-15-16-17-27(37)18-19-28(44-33(39)21-20-32(38)40-3)25-42-46(47,41-23-22-36-2)43-26-30-29(35)24-31(34)45-30/h28-31H,4-26,35H2,1,3H3/t28?,29?,30-,31-,46?/m1/s1. The van der Waals surface area contributed by atoms with Crippen molar-refractivity contribution in [1.29, 1.82) is 0 Å². The minimum atomic E-state index is -3.41. The molecule has 0 amide bonds. The third-order valence-electron chi connectivity index (χ3n) is 7.96. The number of ether oxygens (including phenoxy) is 3. The van der Waals surface area contributed by atoms with Gasteiger partial charge in [0.15, 0.2) is 0 Å². The highest BCUT2D eigenvalue weighted by Gasteiger charge is 2.33. The molecule has 268 valence electrons. The van der Waals surface area contributed by atoms with Gasteiger partial charge >= 0.3 is 18.7 Å². The summed E-state index contributed by atoms with van der Waals surface area (Å²) >= 11 is 5.57. The molecule has 0 saturated carbocycles. The van der Waals surface area contributed by atoms with Crippen molar-refractivity contribution in [1.82, 2.24) is 0 Å². The van der Waals surface area contributed by atoms with Crippen LogP contribution < -0.4 is 5.73 Å². The normalized spacial score (nSPS) is 19.5. The van der Waals surface area contributed by atoms with E-state index in [4.69, 9.17) is 55.0 Å². The Hall–Kier alpha value is -1.39. The van der Waals surface area contributed by atoms with Gasteiger partial charge in [0.2, 0.25) is 6.54 Å². The van der Waals surface area contributed by atoms with E-state index in [0.29, 0.717) is 12.8 Å². The molecule has 14 heteroatoms. The fraction of sp³-hybridized carbons (Fsp3) is 0.879. The van der Waals surface area contributed by atoms with Crippen molar-refractivity contribution in [2.75, 3.05) is 33.5 Å². The van der Waals surface area contributed by atoms with Crippen LogP contribution in [0.2, 0.25) is 0 Å². The lowest BCUT2D eigenvalue weighted by Crippen LogP contribution is -2.33. The number of methoxy groups -OCH3 is 1. The summed E-state index contributed by atoms with van der Waals surface area (Å²) < 4.78 is 33.1. The summed E-state index contributed by atoms with van der Waals surface area (Å²) in [5, 5.41) is 0. The van der Waals surface area contributed by atoms with Gasteiger partial charge in [-0.3, -0.25) is 14.4 Å². The molecule has 2 N–H and O–H groups in total. The number of Topliss-reactive ketones (excluding diaryl/α,β-unsaturated/α-hetero) is 1. The molecule has 3 unspecified atom stereocenters. The van der Waals surface area contributed by atoms with Crippen LogP contribution in [0.3, 0.4) is 0 Å². The van der Waals surface area contributed by atoms with Crippen LogP contribution in [0.5, 0.6) is 0 Å². The van der Waals surface area contributed by atoms with E-state index < -0.39 is 36.9 Å². The number of nitrogens with two attached hydrogens (primary N) is 1. The SMILES string of the molecule is [B][C@H]1CC(N)[C@@H](COP(=S)(OCC[N+]#[C-])OCC(CCC(=O)CCCCCCCCCCCCCCC)OC(=O)CCC(=O)OC)O1. The van der Waals surface area contributed by atoms with Gasteiger partial charge in [-0.1, -0.05) is 84.0 Å². The van der Waals surface area contributed by atoms with Crippen LogP contribution in [0.1, 0.15) is 129 Å². The Labute approximate surface area is 289 Å². The quantitative estimate of drug-likeness (QED) is 0.0290. The lowest BCUT2D eigenvalue weighted by Gasteiger charge is -2.26. The molecule has 11 nitrogen and oxygen atoms in total. The summed E-state index contributed by atoms with van der Waals surface area (Å²) in [7, 11) is 7.06. The summed E-state index contributed by atoms with van der Waals surface area (Å²) in [4.78, 5) is 40.0. The first kappa shape index (κ1) is 43.6. The molecule has 47 heavy (non-hydrogen) atoms. The van der Waals surface area contributed by atoms with Crippen molar-refractivity contribution in [3.8, 4) is 0 Å². The van der Waals surface area contributed by atoms with Crippen LogP contribution in [0.4, 0.5) is 0 Å². The second kappa shape index (κ2) is 27.4. The van der Waals surface area contributed by atoms with E-state index in [1.807, 2.05) is 0 Å². The lowest BCUT2D eigenvalue weighted by atomic mass is 9.95. The van der Waals surface area contributed by atoms with Crippen molar-refractivity contribution in [2.24, 2.45) is 5.73 Å². The minimum Gasteiger partial charge on any atom is -0.469 e. The van der Waals surface area contributed by atoms with Gasteiger partial charge in [-0.2, -0.15) is 0 Å². The fourth-order valence-electron chi connectivity index (χ4n) is 5.13. The van der Waals surface area contributed by atoms with E-state index in [2.05, 4.69) is 16.5 Å². The number of carbonyl (C=O) groups excluding carboxylic acids is 3. The van der Waals surface area contributed by atoms with Gasteiger partial charge in [0.05, 0.1) is 39.3 Å². The molecule has 2 radical (unpaired) electrons. The zero-order valence-electron chi connectivity index (χ0n) is 28.7. The zero-order chi connectivity index (χ0) is 34.8. The lowest BCUT2D eigenvalue weighted by molar-refractivity contribution is -0.154. The van der Waals surface area contributed by atoms with Crippen LogP contribution in [-0.4, -0.2) is 83.3 Å². The van der Waals surface area contributed by atoms with Gasteiger partial charge in [-0.25, -0.2) is 6.57 Å². The van der Waals surface area contributed by atoms with Gasteiger partial charge < -0.3 is 38.4 Å². The Kier molecular flexibility index (Phi) is 25.5. The van der Waals surface area contributed by atoms with E-state index >= 15 is 0 Å². The van der Waals surface area contributed by atoms with Gasteiger partial charge in [0, 0.05) is 24.9 Å². The molecule has 0 bridgehead atoms. The van der Waals surface area contributed by atoms with E-state index in [0.717, 1.165) is 19.3 Å². The third-order valence-corrected chi connectivity index (χ3v) is 10.3. The molecule has 1 fully saturated rings. The van der Waals surface area contributed by atoms with Gasteiger partial charge in [0.1, 0.15) is 26.3 Å². The van der Waals surface area contributed by atoms with Crippen molar-refractivity contribution in [3.63, 3.8) is 0 Å². The molecular formula is C33H58BN2O9PS. The van der Waals surface area contributed by atoms with E-state index in [9.17, 15) is 14.4 Å². The number of rotatable bonds is 30. The van der Waals surface area contributed by atoms with Crippen molar-refractivity contribution < 1.29 is 42.2 Å². The molecular weight excluding hydrogens is 642 g/mol. The molecule has 1 aliphatic heterocycles. The number of nitrogens with zero attached hydrogens (tertiary/aromatic N) is 1. The maximum Gasteiger partial charge on any atom is 0.327 e. The number of carbonyl (C=O) groups is 3. The monoisotopic (exact) mass is 700 g/mol. The molecule has 0 aromatic heterocycles. The van der Waals surface area contributed by atoms with Crippen molar-refractivity contribution in [2.45, 2.75) is 153 Å². The van der Waals surface area contributed by atoms with Gasteiger partial charge in [0.25, 0.3) is 0 Å². The maximum atomic E-state index is 12.7. The molecule has 0 spiro atoms. The first-order valence-corrected chi connectivity index (χ1v) is 20.0. The van der Waals surface area contributed by atoms with Crippen molar-refractivity contribution in [3.05, 3.63) is 11.4 Å². The van der Waals surface area contributed by atoms with Crippen LogP contribution in [-0.2, 0) is 54.0 Å². The van der Waals surface area contributed by atoms with Crippen LogP contribution in [0.25, 0.3) is 4.85 Å². The summed E-state index contributed by atoms with van der Waals surface area (Å²) in [6, 6.07) is -0.854. The summed E-state index contributed by atoms with van der Waals surface area (Å²) in [5.74, 6) is -1.08. The molecule has 1 heterocycles. The van der Waals surface area contributed by atoms with Crippen LogP contribution in [0.15, 0.2) is 0 Å². The second-order valence-corrected chi connectivity index (χ2v) is 15.1. The van der Waals surface area contributed by atoms with E-state index in [1.54, 1.807) is 0 Å². The molecule has 0 aliphatic carbocycles. The third kappa shape index (κ3) is 22.8. The fourth-order valence-corrected chi connectivity index (χ4v) is 6.92. The predicted molar refractivity (Wildman–Crippen MR) is 186 cm³/mol. The Morgan fingerprint density at radius 2 is 1.51 bits per heavy atom. The largest absolute Gasteiger partial charge is 0.469 e. The van der Waals surface area contributed by atoms with E-state index in [-0.39, 0.29) is 63.9 Å². The highest BCUT2D eigenvalue weighted by Crippen LogP contribution is 2.50. The van der Waals surface area contributed by atoms with Gasteiger partial charge in [-0.15, -0.1) is 0 Å². The highest BCUT2D eigenvalue weighted by atomic mass is 32.5. The first-order chi connectivity index (χ1) is 22.6. The van der Waals surface area contributed by atoms with Crippen molar-refractivity contribution >= 4 is 44.1 Å². The average molecular weight is 701 g/mol. The number of esters is 2. The number of hydrogen-bond donors (Lipinski definition) is 1. The Bertz CT molecular complexity index is 971. The highest BCUT2D eigenvalue weighted by molar-refractivity contribution is 8.07.